The quantitative estimate of drug-likeness (QED) is 0.273. The van der Waals surface area contributed by atoms with E-state index in [9.17, 15) is 13.2 Å². The Labute approximate surface area is 217 Å². The Kier molecular flexibility index (Phi) is 7.85. The van der Waals surface area contributed by atoms with Crippen LogP contribution >= 0.6 is 0 Å². The van der Waals surface area contributed by atoms with Gasteiger partial charge < -0.3 is 20.1 Å². The summed E-state index contributed by atoms with van der Waals surface area (Å²) in [5.74, 6) is 1.69. The first-order chi connectivity index (χ1) is 18.4. The average molecular weight is 525 g/mol. The SMILES string of the molecule is FC(F)(F)c1ccc2cc(Nc3ccnc(Nc4ccc(OCCCN5CCOCC5)cc4)n3)cnc2c1. The lowest BCUT2D eigenvalue weighted by Gasteiger charge is -2.26. The predicted octanol–water partition coefficient (Wildman–Crippen LogP) is 5.63. The molecule has 198 valence electrons. The van der Waals surface area contributed by atoms with Crippen LogP contribution in [0.2, 0.25) is 0 Å². The molecule has 0 spiro atoms. The number of nitrogens with one attached hydrogen (secondary N) is 2. The molecule has 0 radical (unpaired) electrons. The number of pyridine rings is 1. The fourth-order valence-electron chi connectivity index (χ4n) is 4.07. The second-order valence-corrected chi connectivity index (χ2v) is 8.83. The first-order valence-corrected chi connectivity index (χ1v) is 12.3. The van der Waals surface area contributed by atoms with Crippen molar-refractivity contribution in [3.8, 4) is 5.75 Å². The molecule has 2 N–H and O–H groups in total. The molecule has 2 aromatic heterocycles. The molecule has 1 saturated heterocycles. The van der Waals surface area contributed by atoms with E-state index in [0.717, 1.165) is 62.8 Å². The fourth-order valence-corrected chi connectivity index (χ4v) is 4.07. The molecule has 8 nitrogen and oxygen atoms in total. The van der Waals surface area contributed by atoms with Crippen LogP contribution in [-0.2, 0) is 10.9 Å². The molecular formula is C27H27F3N6O2. The normalized spacial score (nSPS) is 14.4. The molecule has 0 aliphatic carbocycles. The van der Waals surface area contributed by atoms with Gasteiger partial charge in [-0.3, -0.25) is 9.88 Å². The highest BCUT2D eigenvalue weighted by Crippen LogP contribution is 2.31. The van der Waals surface area contributed by atoms with Gasteiger partial charge in [-0.15, -0.1) is 0 Å². The average Bonchev–Trinajstić information content (AvgIpc) is 2.92. The molecule has 2 aromatic carbocycles. The lowest BCUT2D eigenvalue weighted by atomic mass is 10.1. The summed E-state index contributed by atoms with van der Waals surface area (Å²) >= 11 is 0. The largest absolute Gasteiger partial charge is 0.494 e. The minimum atomic E-state index is -4.41. The van der Waals surface area contributed by atoms with Crippen LogP contribution in [0, 0.1) is 0 Å². The summed E-state index contributed by atoms with van der Waals surface area (Å²) in [4.78, 5) is 15.3. The Hall–Kier alpha value is -3.96. The van der Waals surface area contributed by atoms with Crippen molar-refractivity contribution < 1.29 is 22.6 Å². The van der Waals surface area contributed by atoms with Crippen molar-refractivity contribution in [2.45, 2.75) is 12.6 Å². The number of alkyl halides is 3. The molecule has 38 heavy (non-hydrogen) atoms. The van der Waals surface area contributed by atoms with Crippen molar-refractivity contribution in [1.82, 2.24) is 19.9 Å². The second kappa shape index (κ2) is 11.6. The van der Waals surface area contributed by atoms with Crippen molar-refractivity contribution in [3.63, 3.8) is 0 Å². The molecule has 1 fully saturated rings. The molecule has 3 heterocycles. The Morgan fingerprint density at radius 3 is 2.53 bits per heavy atom. The van der Waals surface area contributed by atoms with Gasteiger partial charge in [-0.05, 0) is 55.0 Å². The van der Waals surface area contributed by atoms with Gasteiger partial charge in [-0.1, -0.05) is 6.07 Å². The van der Waals surface area contributed by atoms with Crippen molar-refractivity contribution in [2.75, 3.05) is 50.1 Å². The monoisotopic (exact) mass is 524 g/mol. The maximum absolute atomic E-state index is 12.9. The van der Waals surface area contributed by atoms with Crippen LogP contribution in [0.1, 0.15) is 12.0 Å². The minimum absolute atomic E-state index is 0.264. The van der Waals surface area contributed by atoms with Gasteiger partial charge in [0, 0.05) is 36.9 Å². The van der Waals surface area contributed by atoms with Crippen molar-refractivity contribution >= 4 is 34.0 Å². The van der Waals surface area contributed by atoms with Crippen LogP contribution in [0.4, 0.5) is 36.3 Å². The molecule has 0 amide bonds. The number of ether oxygens (including phenoxy) is 2. The van der Waals surface area contributed by atoms with Gasteiger partial charge >= 0.3 is 6.18 Å². The number of hydrogen-bond acceptors (Lipinski definition) is 8. The van der Waals surface area contributed by atoms with Gasteiger partial charge in [0.25, 0.3) is 0 Å². The number of morpholine rings is 1. The molecule has 11 heteroatoms. The molecule has 4 aromatic rings. The van der Waals surface area contributed by atoms with E-state index >= 15 is 0 Å². The zero-order chi connectivity index (χ0) is 26.4. The Bertz CT molecular complexity index is 1360. The van der Waals surface area contributed by atoms with Crippen molar-refractivity contribution in [1.29, 1.82) is 0 Å². The van der Waals surface area contributed by atoms with Crippen molar-refractivity contribution in [2.24, 2.45) is 0 Å². The zero-order valence-corrected chi connectivity index (χ0v) is 20.5. The third kappa shape index (κ3) is 6.87. The first kappa shape index (κ1) is 25.7. The third-order valence-electron chi connectivity index (χ3n) is 6.04. The highest BCUT2D eigenvalue weighted by Gasteiger charge is 2.30. The Balaban J connectivity index is 1.15. The number of anilines is 4. The third-order valence-corrected chi connectivity index (χ3v) is 6.04. The zero-order valence-electron chi connectivity index (χ0n) is 20.5. The molecule has 0 saturated carbocycles. The predicted molar refractivity (Wildman–Crippen MR) is 139 cm³/mol. The Morgan fingerprint density at radius 2 is 1.74 bits per heavy atom. The first-order valence-electron chi connectivity index (χ1n) is 12.3. The number of hydrogen-bond donors (Lipinski definition) is 2. The van der Waals surface area contributed by atoms with E-state index < -0.39 is 11.7 Å². The topological polar surface area (TPSA) is 84.4 Å². The van der Waals surface area contributed by atoms with Gasteiger partial charge in [-0.25, -0.2) is 4.98 Å². The second-order valence-electron chi connectivity index (χ2n) is 8.83. The van der Waals surface area contributed by atoms with Crippen LogP contribution in [0.15, 0.2) is 67.0 Å². The summed E-state index contributed by atoms with van der Waals surface area (Å²) in [6, 6.07) is 14.5. The summed E-state index contributed by atoms with van der Waals surface area (Å²) in [5, 5.41) is 6.86. The van der Waals surface area contributed by atoms with E-state index in [1.54, 1.807) is 18.3 Å². The summed E-state index contributed by atoms with van der Waals surface area (Å²) in [7, 11) is 0. The van der Waals surface area contributed by atoms with Crippen LogP contribution in [0.5, 0.6) is 5.75 Å². The lowest BCUT2D eigenvalue weighted by molar-refractivity contribution is -0.137. The van der Waals surface area contributed by atoms with Crippen molar-refractivity contribution in [3.05, 3.63) is 72.6 Å². The highest BCUT2D eigenvalue weighted by molar-refractivity contribution is 5.83. The van der Waals surface area contributed by atoms with Gasteiger partial charge in [-0.2, -0.15) is 18.2 Å². The van der Waals surface area contributed by atoms with E-state index in [1.807, 2.05) is 24.3 Å². The van der Waals surface area contributed by atoms with Crippen LogP contribution in [-0.4, -0.2) is 59.3 Å². The number of halogens is 3. The number of benzene rings is 2. The molecule has 5 rings (SSSR count). The molecule has 0 unspecified atom stereocenters. The van der Waals surface area contributed by atoms with Crippen LogP contribution < -0.4 is 15.4 Å². The lowest BCUT2D eigenvalue weighted by Crippen LogP contribution is -2.37. The number of rotatable bonds is 9. The maximum Gasteiger partial charge on any atom is 0.416 e. The smallest absolute Gasteiger partial charge is 0.416 e. The summed E-state index contributed by atoms with van der Waals surface area (Å²) in [6.45, 7) is 5.20. The van der Waals surface area contributed by atoms with Crippen LogP contribution in [0.25, 0.3) is 10.9 Å². The van der Waals surface area contributed by atoms with Gasteiger partial charge in [0.1, 0.15) is 11.6 Å². The molecule has 1 aliphatic rings. The van der Waals surface area contributed by atoms with Gasteiger partial charge in [0.05, 0.1) is 42.8 Å². The van der Waals surface area contributed by atoms with E-state index in [1.165, 1.54) is 12.3 Å². The minimum Gasteiger partial charge on any atom is -0.494 e. The standard InChI is InChI=1S/C27H27F3N6O2/c28-27(29,30)20-3-2-19-16-22(18-32-24(19)17-20)33-25-8-9-31-26(35-25)34-21-4-6-23(7-5-21)38-13-1-10-36-11-14-37-15-12-36/h2-9,16-18H,1,10-15H2,(H2,31,33,34,35). The Morgan fingerprint density at radius 1 is 0.921 bits per heavy atom. The summed E-state index contributed by atoms with van der Waals surface area (Å²) in [6.07, 6.45) is -0.381. The number of fused-ring (bicyclic) bond motifs is 1. The molecule has 0 atom stereocenters. The van der Waals surface area contributed by atoms with E-state index in [-0.39, 0.29) is 5.52 Å². The highest BCUT2D eigenvalue weighted by atomic mass is 19.4. The van der Waals surface area contributed by atoms with E-state index in [2.05, 4.69) is 30.5 Å². The number of nitrogens with zero attached hydrogens (tertiary/aromatic N) is 4. The van der Waals surface area contributed by atoms with Crippen LogP contribution in [0.3, 0.4) is 0 Å². The molecule has 0 bridgehead atoms. The maximum atomic E-state index is 12.9. The van der Waals surface area contributed by atoms with Gasteiger partial charge in [0.15, 0.2) is 0 Å². The van der Waals surface area contributed by atoms with E-state index in [4.69, 9.17) is 9.47 Å². The number of aromatic nitrogens is 3. The van der Waals surface area contributed by atoms with E-state index in [0.29, 0.717) is 29.4 Å². The molecular weight excluding hydrogens is 497 g/mol. The van der Waals surface area contributed by atoms with Gasteiger partial charge in [0.2, 0.25) is 5.95 Å². The fraction of sp³-hybridized carbons (Fsp3) is 0.296. The summed E-state index contributed by atoms with van der Waals surface area (Å²) < 4.78 is 50.1. The summed E-state index contributed by atoms with van der Waals surface area (Å²) in [5.41, 5.74) is 0.931. The molecule has 1 aliphatic heterocycles.